The molecule has 9 heteroatoms. The third-order valence-electron chi connectivity index (χ3n) is 3.32. The Morgan fingerprint density at radius 1 is 1.38 bits per heavy atom. The van der Waals surface area contributed by atoms with Gasteiger partial charge in [-0.15, -0.1) is 0 Å². The summed E-state index contributed by atoms with van der Waals surface area (Å²) < 4.78 is 44.0. The number of hydrogen-bond donors (Lipinski definition) is 1. The lowest BCUT2D eigenvalue weighted by molar-refractivity contribution is -0.141. The lowest BCUT2D eigenvalue weighted by atomic mass is 10.1. The van der Waals surface area contributed by atoms with Crippen molar-refractivity contribution < 1.29 is 22.7 Å². The van der Waals surface area contributed by atoms with Gasteiger partial charge >= 0.3 is 6.18 Å². The number of hydrogen-bond acceptors (Lipinski definition) is 4. The van der Waals surface area contributed by atoms with Crippen LogP contribution in [0.3, 0.4) is 0 Å². The van der Waals surface area contributed by atoms with Crippen LogP contribution in [-0.4, -0.2) is 34.4 Å². The number of nitrogens with one attached hydrogen (secondary N) is 1. The SMILES string of the molecule is COCCn1ccc(C(=O)N[C@H](C)c2ccc(C(F)(F)F)nc2)n1. The highest BCUT2D eigenvalue weighted by Gasteiger charge is 2.32. The van der Waals surface area contributed by atoms with Crippen LogP contribution in [0.5, 0.6) is 0 Å². The zero-order chi connectivity index (χ0) is 17.7. The van der Waals surface area contributed by atoms with Crippen molar-refractivity contribution in [3.63, 3.8) is 0 Å². The van der Waals surface area contributed by atoms with Crippen molar-refractivity contribution in [1.29, 1.82) is 0 Å². The number of nitrogens with zero attached hydrogens (tertiary/aromatic N) is 3. The zero-order valence-electron chi connectivity index (χ0n) is 13.2. The maximum atomic E-state index is 12.5. The van der Waals surface area contributed by atoms with Gasteiger partial charge in [-0.05, 0) is 24.6 Å². The van der Waals surface area contributed by atoms with Gasteiger partial charge in [-0.25, -0.2) is 0 Å². The van der Waals surface area contributed by atoms with E-state index in [1.165, 1.54) is 6.07 Å². The summed E-state index contributed by atoms with van der Waals surface area (Å²) >= 11 is 0. The van der Waals surface area contributed by atoms with Crippen molar-refractivity contribution in [3.05, 3.63) is 47.5 Å². The number of methoxy groups -OCH3 is 1. The van der Waals surface area contributed by atoms with Crippen LogP contribution >= 0.6 is 0 Å². The van der Waals surface area contributed by atoms with Gasteiger partial charge in [-0.3, -0.25) is 14.5 Å². The number of amides is 1. The van der Waals surface area contributed by atoms with Gasteiger partial charge in [0.05, 0.1) is 19.2 Å². The van der Waals surface area contributed by atoms with Crippen molar-refractivity contribution in [2.45, 2.75) is 25.7 Å². The fraction of sp³-hybridized carbons (Fsp3) is 0.400. The summed E-state index contributed by atoms with van der Waals surface area (Å²) in [6.45, 7) is 2.64. The molecule has 0 aliphatic carbocycles. The highest BCUT2D eigenvalue weighted by molar-refractivity contribution is 5.92. The van der Waals surface area contributed by atoms with E-state index in [1.54, 1.807) is 31.0 Å². The maximum Gasteiger partial charge on any atom is 0.433 e. The molecule has 24 heavy (non-hydrogen) atoms. The molecule has 0 radical (unpaired) electrons. The zero-order valence-corrected chi connectivity index (χ0v) is 13.2. The first-order valence-electron chi connectivity index (χ1n) is 7.17. The number of carbonyl (C=O) groups is 1. The lowest BCUT2D eigenvalue weighted by Crippen LogP contribution is -2.27. The standard InChI is InChI=1S/C15H17F3N4O2/c1-10(11-3-4-13(19-9-11)15(16,17)18)20-14(23)12-5-6-22(21-12)7-8-24-2/h3-6,9-10H,7-8H2,1-2H3,(H,20,23)/t10-/m1/s1. The molecular formula is C15H17F3N4O2. The second-order valence-electron chi connectivity index (χ2n) is 5.13. The highest BCUT2D eigenvalue weighted by atomic mass is 19.4. The fourth-order valence-electron chi connectivity index (χ4n) is 1.98. The van der Waals surface area contributed by atoms with E-state index in [2.05, 4.69) is 15.4 Å². The van der Waals surface area contributed by atoms with Gasteiger partial charge in [-0.2, -0.15) is 18.3 Å². The molecular weight excluding hydrogens is 325 g/mol. The number of ether oxygens (including phenoxy) is 1. The quantitative estimate of drug-likeness (QED) is 0.875. The van der Waals surface area contributed by atoms with Crippen LogP contribution in [0, 0.1) is 0 Å². The van der Waals surface area contributed by atoms with Gasteiger partial charge in [0.1, 0.15) is 11.4 Å². The summed E-state index contributed by atoms with van der Waals surface area (Å²) in [6, 6.07) is 3.23. The Bertz CT molecular complexity index is 683. The molecule has 0 aliphatic heterocycles. The smallest absolute Gasteiger partial charge is 0.383 e. The van der Waals surface area contributed by atoms with E-state index in [1.807, 2.05) is 0 Å². The third kappa shape index (κ3) is 4.54. The Labute approximate surface area is 136 Å². The van der Waals surface area contributed by atoms with E-state index in [4.69, 9.17) is 4.74 Å². The van der Waals surface area contributed by atoms with Crippen molar-refractivity contribution in [2.24, 2.45) is 0 Å². The molecule has 0 spiro atoms. The average Bonchev–Trinajstić information content (AvgIpc) is 3.01. The summed E-state index contributed by atoms with van der Waals surface area (Å²) in [5, 5.41) is 6.77. The van der Waals surface area contributed by atoms with Gasteiger partial charge < -0.3 is 10.1 Å². The van der Waals surface area contributed by atoms with Gasteiger partial charge in [0, 0.05) is 19.5 Å². The average molecular weight is 342 g/mol. The van der Waals surface area contributed by atoms with Crippen LogP contribution in [-0.2, 0) is 17.5 Å². The molecule has 0 fully saturated rings. The molecule has 6 nitrogen and oxygen atoms in total. The predicted octanol–water partition coefficient (Wildman–Crippen LogP) is 2.43. The molecule has 1 atom stereocenters. The molecule has 1 amide bonds. The first kappa shape index (κ1) is 17.9. The van der Waals surface area contributed by atoms with E-state index < -0.39 is 23.8 Å². The number of rotatable bonds is 6. The van der Waals surface area contributed by atoms with E-state index in [0.29, 0.717) is 18.7 Å². The normalized spacial score (nSPS) is 12.9. The Balaban J connectivity index is 1.99. The molecule has 2 aromatic heterocycles. The number of alkyl halides is 3. The summed E-state index contributed by atoms with van der Waals surface area (Å²) in [5.41, 5.74) is -0.283. The molecule has 2 rings (SSSR count). The molecule has 0 aliphatic rings. The van der Waals surface area contributed by atoms with Crippen LogP contribution in [0.25, 0.3) is 0 Å². The first-order chi connectivity index (χ1) is 11.3. The van der Waals surface area contributed by atoms with Crippen molar-refractivity contribution in [2.75, 3.05) is 13.7 Å². The van der Waals surface area contributed by atoms with Crippen molar-refractivity contribution in [1.82, 2.24) is 20.1 Å². The summed E-state index contributed by atoms with van der Waals surface area (Å²) in [5.74, 6) is -0.418. The topological polar surface area (TPSA) is 69.0 Å². The minimum Gasteiger partial charge on any atom is -0.383 e. The van der Waals surface area contributed by atoms with Crippen LogP contribution < -0.4 is 5.32 Å². The second-order valence-corrected chi connectivity index (χ2v) is 5.13. The lowest BCUT2D eigenvalue weighted by Gasteiger charge is -2.14. The highest BCUT2D eigenvalue weighted by Crippen LogP contribution is 2.27. The van der Waals surface area contributed by atoms with Gasteiger partial charge in [0.15, 0.2) is 0 Å². The Kier molecular flexibility index (Phi) is 5.55. The molecule has 1 N–H and O–H groups in total. The van der Waals surface area contributed by atoms with E-state index in [9.17, 15) is 18.0 Å². The van der Waals surface area contributed by atoms with Crippen molar-refractivity contribution in [3.8, 4) is 0 Å². The molecule has 0 saturated carbocycles. The van der Waals surface area contributed by atoms with Crippen LogP contribution in [0.4, 0.5) is 13.2 Å². The third-order valence-corrected chi connectivity index (χ3v) is 3.32. The minimum atomic E-state index is -4.49. The van der Waals surface area contributed by atoms with E-state index in [-0.39, 0.29) is 5.69 Å². The monoisotopic (exact) mass is 342 g/mol. The Morgan fingerprint density at radius 2 is 2.12 bits per heavy atom. The molecule has 0 saturated heterocycles. The maximum absolute atomic E-state index is 12.5. The first-order valence-corrected chi connectivity index (χ1v) is 7.17. The number of aromatic nitrogens is 3. The molecule has 0 unspecified atom stereocenters. The van der Waals surface area contributed by atoms with Gasteiger partial charge in [0.2, 0.25) is 0 Å². The molecule has 0 aromatic carbocycles. The van der Waals surface area contributed by atoms with E-state index >= 15 is 0 Å². The molecule has 0 bridgehead atoms. The number of carbonyl (C=O) groups excluding carboxylic acids is 1. The minimum absolute atomic E-state index is 0.220. The summed E-state index contributed by atoms with van der Waals surface area (Å²) in [6.07, 6.45) is -1.73. The van der Waals surface area contributed by atoms with Crippen LogP contribution in [0.1, 0.15) is 34.7 Å². The number of pyridine rings is 1. The Hall–Kier alpha value is -2.42. The molecule has 2 heterocycles. The molecule has 130 valence electrons. The summed E-state index contributed by atoms with van der Waals surface area (Å²) in [7, 11) is 1.57. The van der Waals surface area contributed by atoms with Crippen LogP contribution in [0.2, 0.25) is 0 Å². The van der Waals surface area contributed by atoms with Crippen molar-refractivity contribution >= 4 is 5.91 Å². The van der Waals surface area contributed by atoms with Gasteiger partial charge in [0.25, 0.3) is 5.91 Å². The molecule has 2 aromatic rings. The fourth-order valence-corrected chi connectivity index (χ4v) is 1.98. The van der Waals surface area contributed by atoms with Gasteiger partial charge in [-0.1, -0.05) is 6.07 Å². The van der Waals surface area contributed by atoms with Crippen LogP contribution in [0.15, 0.2) is 30.6 Å². The number of halogens is 3. The predicted molar refractivity (Wildman–Crippen MR) is 79.2 cm³/mol. The largest absolute Gasteiger partial charge is 0.433 e. The summed E-state index contributed by atoms with van der Waals surface area (Å²) in [4.78, 5) is 15.5. The Morgan fingerprint density at radius 3 is 2.71 bits per heavy atom. The van der Waals surface area contributed by atoms with E-state index in [0.717, 1.165) is 12.3 Å². The second kappa shape index (κ2) is 7.43.